The Bertz CT molecular complexity index is 846. The molecule has 2 N–H and O–H groups in total. The van der Waals surface area contributed by atoms with Gasteiger partial charge in [-0.05, 0) is 37.2 Å². The molecule has 194 valence electrons. The number of carbonyl (C=O) groups is 4. The van der Waals surface area contributed by atoms with Gasteiger partial charge in [-0.3, -0.25) is 14.4 Å². The summed E-state index contributed by atoms with van der Waals surface area (Å²) in [7, 11) is 1.76. The lowest BCUT2D eigenvalue weighted by molar-refractivity contribution is -0.142. The van der Waals surface area contributed by atoms with E-state index in [2.05, 4.69) is 19.2 Å². The minimum atomic E-state index is -1.07. The number of aliphatic carboxylic acids is 1. The molecule has 0 aliphatic carbocycles. The highest BCUT2D eigenvalue weighted by Crippen LogP contribution is 2.26. The van der Waals surface area contributed by atoms with Gasteiger partial charge in [0.05, 0.1) is 0 Å². The molecule has 0 saturated carbocycles. The summed E-state index contributed by atoms with van der Waals surface area (Å²) in [5, 5.41) is 12.3. The van der Waals surface area contributed by atoms with E-state index in [1.807, 2.05) is 35.2 Å². The number of amides is 3. The van der Waals surface area contributed by atoms with Crippen LogP contribution in [0.1, 0.15) is 64.9 Å². The summed E-state index contributed by atoms with van der Waals surface area (Å²) in [6, 6.07) is 8.20. The number of nitrogens with zero attached hydrogens (tertiary/aromatic N) is 2. The van der Waals surface area contributed by atoms with Gasteiger partial charge in [-0.1, -0.05) is 57.5 Å². The number of carboxylic acids is 1. The molecular weight excluding hydrogens is 446 g/mol. The van der Waals surface area contributed by atoms with E-state index in [1.54, 1.807) is 18.9 Å². The zero-order valence-corrected chi connectivity index (χ0v) is 21.5. The Hall–Kier alpha value is -2.90. The third-order valence-electron chi connectivity index (χ3n) is 7.31. The minimum Gasteiger partial charge on any atom is -0.480 e. The van der Waals surface area contributed by atoms with E-state index in [-0.39, 0.29) is 30.3 Å². The molecule has 0 radical (unpaired) electrons. The van der Waals surface area contributed by atoms with E-state index >= 15 is 0 Å². The molecule has 1 aliphatic rings. The Morgan fingerprint density at radius 3 is 2.51 bits per heavy atom. The number of rotatable bonds is 14. The summed E-state index contributed by atoms with van der Waals surface area (Å²) in [5.41, 5.74) is 0.844. The van der Waals surface area contributed by atoms with Crippen molar-refractivity contribution in [3.05, 3.63) is 35.9 Å². The van der Waals surface area contributed by atoms with Crippen molar-refractivity contribution in [3.8, 4) is 0 Å². The molecule has 1 aromatic rings. The van der Waals surface area contributed by atoms with Gasteiger partial charge < -0.3 is 20.2 Å². The Kier molecular flexibility index (Phi) is 11.2. The maximum atomic E-state index is 13.0. The fourth-order valence-electron chi connectivity index (χ4n) is 4.94. The summed E-state index contributed by atoms with van der Waals surface area (Å²) in [5.74, 6) is -1.44. The Morgan fingerprint density at radius 2 is 1.91 bits per heavy atom. The van der Waals surface area contributed by atoms with Crippen LogP contribution in [0.3, 0.4) is 0 Å². The molecule has 1 fully saturated rings. The fourth-order valence-corrected chi connectivity index (χ4v) is 4.94. The molecule has 8 nitrogen and oxygen atoms in total. The molecule has 1 aromatic carbocycles. The highest BCUT2D eigenvalue weighted by Gasteiger charge is 2.33. The summed E-state index contributed by atoms with van der Waals surface area (Å²) >= 11 is 0. The van der Waals surface area contributed by atoms with Gasteiger partial charge in [0.25, 0.3) is 0 Å². The minimum absolute atomic E-state index is 0.0183. The highest BCUT2D eigenvalue weighted by atomic mass is 16.4. The van der Waals surface area contributed by atoms with Crippen LogP contribution in [0, 0.1) is 11.8 Å². The molecule has 0 bridgehead atoms. The molecule has 3 amide bonds. The van der Waals surface area contributed by atoms with Crippen LogP contribution in [0.4, 0.5) is 0 Å². The van der Waals surface area contributed by atoms with Crippen LogP contribution < -0.4 is 5.32 Å². The van der Waals surface area contributed by atoms with Crippen molar-refractivity contribution < 1.29 is 24.3 Å². The molecule has 1 aliphatic heterocycles. The number of hydrogen-bond donors (Lipinski definition) is 2. The average Bonchev–Trinajstić information content (AvgIpc) is 3.31. The van der Waals surface area contributed by atoms with Crippen molar-refractivity contribution in [1.82, 2.24) is 15.1 Å². The van der Waals surface area contributed by atoms with Gasteiger partial charge in [-0.15, -0.1) is 0 Å². The number of hydrogen-bond acceptors (Lipinski definition) is 4. The van der Waals surface area contributed by atoms with Crippen LogP contribution in [-0.2, 0) is 25.6 Å². The molecule has 1 saturated heterocycles. The lowest BCUT2D eigenvalue weighted by atomic mass is 9.93. The second-order valence-corrected chi connectivity index (χ2v) is 9.87. The van der Waals surface area contributed by atoms with Gasteiger partial charge in [0.1, 0.15) is 6.04 Å². The Labute approximate surface area is 209 Å². The van der Waals surface area contributed by atoms with E-state index < -0.39 is 17.9 Å². The second-order valence-electron chi connectivity index (χ2n) is 9.87. The molecule has 8 heteroatoms. The van der Waals surface area contributed by atoms with E-state index in [0.717, 1.165) is 31.2 Å². The first-order chi connectivity index (χ1) is 16.7. The molecule has 5 atom stereocenters. The van der Waals surface area contributed by atoms with Crippen molar-refractivity contribution >= 4 is 24.2 Å². The maximum absolute atomic E-state index is 13.0. The van der Waals surface area contributed by atoms with Gasteiger partial charge >= 0.3 is 5.97 Å². The Balaban J connectivity index is 1.93. The number of carboxylic acid groups (broad SMARTS) is 1. The molecular formula is C27H41N3O5. The molecule has 35 heavy (non-hydrogen) atoms. The normalized spacial score (nSPS) is 18.9. The molecule has 0 aromatic heterocycles. The van der Waals surface area contributed by atoms with Gasteiger partial charge in [0.15, 0.2) is 0 Å². The topological polar surface area (TPSA) is 107 Å². The van der Waals surface area contributed by atoms with Gasteiger partial charge in [0, 0.05) is 44.4 Å². The van der Waals surface area contributed by atoms with Crippen molar-refractivity contribution in [2.24, 2.45) is 11.8 Å². The number of benzene rings is 1. The lowest BCUT2D eigenvalue weighted by Crippen LogP contribution is -2.46. The standard InChI is InChI=1S/C27H41N3O5/c1-5-19(2)24(29(4)18-31)13-14-25(32)30-15-9-12-22(30)16-20(3)26(33)28-23(27(34)35)17-21-10-7-6-8-11-21/h6-8,10-11,18-20,22-24H,5,9,12-17H2,1-4H3,(H,28,33)(H,34,35). The molecule has 0 spiro atoms. The first kappa shape index (κ1) is 28.3. The quantitative estimate of drug-likeness (QED) is 0.392. The van der Waals surface area contributed by atoms with Crippen molar-refractivity contribution in [2.45, 2.75) is 83.8 Å². The summed E-state index contributed by atoms with van der Waals surface area (Å²) in [6.45, 7) is 6.63. The molecule has 1 heterocycles. The first-order valence-electron chi connectivity index (χ1n) is 12.7. The predicted octanol–water partition coefficient (Wildman–Crippen LogP) is 3.10. The summed E-state index contributed by atoms with van der Waals surface area (Å²) in [4.78, 5) is 52.4. The highest BCUT2D eigenvalue weighted by molar-refractivity contribution is 5.85. The van der Waals surface area contributed by atoms with Crippen molar-refractivity contribution in [1.29, 1.82) is 0 Å². The summed E-state index contributed by atoms with van der Waals surface area (Å²) in [6.07, 6.45) is 5.16. The third-order valence-corrected chi connectivity index (χ3v) is 7.31. The van der Waals surface area contributed by atoms with Gasteiger partial charge in [-0.2, -0.15) is 0 Å². The largest absolute Gasteiger partial charge is 0.480 e. The predicted molar refractivity (Wildman–Crippen MR) is 135 cm³/mol. The van der Waals surface area contributed by atoms with Crippen LogP contribution in [0.15, 0.2) is 30.3 Å². The SMILES string of the molecule is CCC(C)C(CCC(=O)N1CCCC1CC(C)C(=O)NC(Cc1ccccc1)C(=O)O)N(C)C=O. The zero-order chi connectivity index (χ0) is 26.0. The third kappa shape index (κ3) is 8.37. The lowest BCUT2D eigenvalue weighted by Gasteiger charge is -2.31. The second kappa shape index (κ2) is 13.9. The van der Waals surface area contributed by atoms with Gasteiger partial charge in [0.2, 0.25) is 18.2 Å². The Morgan fingerprint density at radius 1 is 1.23 bits per heavy atom. The van der Waals surface area contributed by atoms with E-state index in [0.29, 0.717) is 31.7 Å². The van der Waals surface area contributed by atoms with Crippen molar-refractivity contribution in [3.63, 3.8) is 0 Å². The van der Waals surface area contributed by atoms with Crippen LogP contribution in [0.25, 0.3) is 0 Å². The van der Waals surface area contributed by atoms with Crippen LogP contribution >= 0.6 is 0 Å². The number of carbonyl (C=O) groups excluding carboxylic acids is 3. The maximum Gasteiger partial charge on any atom is 0.326 e. The fraction of sp³-hybridized carbons (Fsp3) is 0.630. The van der Waals surface area contributed by atoms with E-state index in [1.165, 1.54) is 0 Å². The molecule has 2 rings (SSSR count). The van der Waals surface area contributed by atoms with Crippen LogP contribution in [0.2, 0.25) is 0 Å². The average molecular weight is 488 g/mol. The smallest absolute Gasteiger partial charge is 0.326 e. The van der Waals surface area contributed by atoms with E-state index in [9.17, 15) is 24.3 Å². The molecule has 5 unspecified atom stereocenters. The van der Waals surface area contributed by atoms with E-state index in [4.69, 9.17) is 0 Å². The van der Waals surface area contributed by atoms with Crippen LogP contribution in [0.5, 0.6) is 0 Å². The number of likely N-dealkylation sites (tertiary alicyclic amines) is 1. The summed E-state index contributed by atoms with van der Waals surface area (Å²) < 4.78 is 0. The van der Waals surface area contributed by atoms with Crippen molar-refractivity contribution in [2.75, 3.05) is 13.6 Å². The zero-order valence-electron chi connectivity index (χ0n) is 21.5. The van der Waals surface area contributed by atoms with Gasteiger partial charge in [-0.25, -0.2) is 4.79 Å². The monoisotopic (exact) mass is 487 g/mol. The first-order valence-corrected chi connectivity index (χ1v) is 12.7. The number of nitrogens with one attached hydrogen (secondary N) is 1. The van der Waals surface area contributed by atoms with Crippen LogP contribution in [-0.4, -0.2) is 70.8 Å².